The minimum atomic E-state index is 0.202. The van der Waals surface area contributed by atoms with Crippen molar-refractivity contribution < 1.29 is 14.3 Å². The van der Waals surface area contributed by atoms with Crippen molar-refractivity contribution in [2.45, 2.75) is 6.61 Å². The highest BCUT2D eigenvalue weighted by Crippen LogP contribution is 2.07. The molecule has 0 radical (unpaired) electrons. The summed E-state index contributed by atoms with van der Waals surface area (Å²) in [6.07, 6.45) is 1.57. The first kappa shape index (κ1) is 8.52. The third-order valence-corrected chi connectivity index (χ3v) is 1.33. The van der Waals surface area contributed by atoms with Gasteiger partial charge in [0.25, 0.3) is 6.47 Å². The molecule has 0 bridgehead atoms. The highest BCUT2D eigenvalue weighted by Gasteiger charge is 1.94. The summed E-state index contributed by atoms with van der Waals surface area (Å²) in [5.41, 5.74) is 0.697. The summed E-state index contributed by atoms with van der Waals surface area (Å²) in [4.78, 5) is 13.8. The van der Waals surface area contributed by atoms with Gasteiger partial charge in [0.05, 0.1) is 19.0 Å². The van der Waals surface area contributed by atoms with Gasteiger partial charge in [-0.1, -0.05) is 0 Å². The number of hydrogen-bond donors (Lipinski definition) is 0. The number of ether oxygens (including phenoxy) is 2. The van der Waals surface area contributed by atoms with Crippen molar-refractivity contribution in [3.05, 3.63) is 24.0 Å². The lowest BCUT2D eigenvalue weighted by Crippen LogP contribution is -1.93. The molecule has 4 heteroatoms. The molecule has 0 amide bonds. The Morgan fingerprint density at radius 1 is 1.58 bits per heavy atom. The third kappa shape index (κ3) is 2.23. The van der Waals surface area contributed by atoms with Gasteiger partial charge in [0.1, 0.15) is 12.4 Å². The van der Waals surface area contributed by atoms with Crippen LogP contribution in [0, 0.1) is 0 Å². The molecule has 0 spiro atoms. The molecule has 0 saturated heterocycles. The first-order valence-corrected chi connectivity index (χ1v) is 3.41. The average Bonchev–Trinajstić information content (AvgIpc) is 2.15. The molecule has 0 aromatic carbocycles. The smallest absolute Gasteiger partial charge is 0.293 e. The Bertz CT molecular complexity index is 245. The molecule has 0 fully saturated rings. The van der Waals surface area contributed by atoms with E-state index in [1.165, 1.54) is 0 Å². The minimum Gasteiger partial charge on any atom is -0.495 e. The van der Waals surface area contributed by atoms with Gasteiger partial charge in [0.2, 0.25) is 0 Å². The SMILES string of the molecule is COc1ccc(COC=O)nc1. The predicted octanol–water partition coefficient (Wildman–Crippen LogP) is 0.763. The number of nitrogens with zero attached hydrogens (tertiary/aromatic N) is 1. The van der Waals surface area contributed by atoms with Crippen molar-refractivity contribution in [1.29, 1.82) is 0 Å². The second-order valence-electron chi connectivity index (χ2n) is 2.10. The fourth-order valence-corrected chi connectivity index (χ4v) is 0.736. The van der Waals surface area contributed by atoms with Gasteiger partial charge < -0.3 is 9.47 Å². The van der Waals surface area contributed by atoms with E-state index in [0.29, 0.717) is 17.9 Å². The molecule has 1 aromatic rings. The van der Waals surface area contributed by atoms with Crippen LogP contribution in [0.5, 0.6) is 5.75 Å². The lowest BCUT2D eigenvalue weighted by Gasteiger charge is -2.00. The van der Waals surface area contributed by atoms with Crippen LogP contribution in [-0.2, 0) is 16.1 Å². The molecule has 0 unspecified atom stereocenters. The molecule has 0 aliphatic heterocycles. The van der Waals surface area contributed by atoms with E-state index in [2.05, 4.69) is 9.72 Å². The number of aromatic nitrogens is 1. The van der Waals surface area contributed by atoms with Crippen molar-refractivity contribution in [2.24, 2.45) is 0 Å². The molecule has 4 nitrogen and oxygen atoms in total. The van der Waals surface area contributed by atoms with E-state index in [-0.39, 0.29) is 6.61 Å². The Morgan fingerprint density at radius 3 is 2.92 bits per heavy atom. The number of carbonyl (C=O) groups excluding carboxylic acids is 1. The average molecular weight is 167 g/mol. The Balaban J connectivity index is 2.58. The third-order valence-electron chi connectivity index (χ3n) is 1.33. The Kier molecular flexibility index (Phi) is 3.07. The number of methoxy groups -OCH3 is 1. The fourth-order valence-electron chi connectivity index (χ4n) is 0.736. The number of carbonyl (C=O) groups is 1. The topological polar surface area (TPSA) is 48.4 Å². The molecule has 12 heavy (non-hydrogen) atoms. The Labute approximate surface area is 70.1 Å². The van der Waals surface area contributed by atoms with Gasteiger partial charge in [0.15, 0.2) is 0 Å². The highest BCUT2D eigenvalue weighted by atomic mass is 16.5. The Morgan fingerprint density at radius 2 is 2.42 bits per heavy atom. The molecular formula is C8H9NO3. The van der Waals surface area contributed by atoms with Crippen LogP contribution in [0.25, 0.3) is 0 Å². The molecular weight excluding hydrogens is 158 g/mol. The van der Waals surface area contributed by atoms with Crippen molar-refractivity contribution >= 4 is 6.47 Å². The van der Waals surface area contributed by atoms with Crippen LogP contribution in [0.3, 0.4) is 0 Å². The summed E-state index contributed by atoms with van der Waals surface area (Å²) in [5.74, 6) is 0.685. The van der Waals surface area contributed by atoms with E-state index >= 15 is 0 Å². The zero-order chi connectivity index (χ0) is 8.81. The second-order valence-corrected chi connectivity index (χ2v) is 2.10. The number of pyridine rings is 1. The van der Waals surface area contributed by atoms with Crippen molar-refractivity contribution in [3.63, 3.8) is 0 Å². The van der Waals surface area contributed by atoms with Crippen molar-refractivity contribution in [3.8, 4) is 5.75 Å². The van der Waals surface area contributed by atoms with E-state index in [9.17, 15) is 4.79 Å². The highest BCUT2D eigenvalue weighted by molar-refractivity contribution is 5.37. The van der Waals surface area contributed by atoms with Gasteiger partial charge in [-0.15, -0.1) is 0 Å². The second kappa shape index (κ2) is 4.33. The van der Waals surface area contributed by atoms with Gasteiger partial charge in [-0.05, 0) is 12.1 Å². The summed E-state index contributed by atoms with van der Waals surface area (Å²) in [5, 5.41) is 0. The summed E-state index contributed by atoms with van der Waals surface area (Å²) in [7, 11) is 1.57. The monoisotopic (exact) mass is 167 g/mol. The molecule has 1 aromatic heterocycles. The lowest BCUT2D eigenvalue weighted by molar-refractivity contribution is -0.129. The maximum absolute atomic E-state index is 9.83. The molecule has 0 aliphatic carbocycles. The summed E-state index contributed by atoms with van der Waals surface area (Å²) in [6.45, 7) is 0.597. The molecule has 0 atom stereocenters. The summed E-state index contributed by atoms with van der Waals surface area (Å²) in [6, 6.07) is 3.50. The molecule has 1 heterocycles. The standard InChI is InChI=1S/C8H9NO3/c1-11-8-3-2-7(9-4-8)5-12-6-10/h2-4,6H,5H2,1H3. The quantitative estimate of drug-likeness (QED) is 0.621. The molecule has 0 N–H and O–H groups in total. The number of hydrogen-bond acceptors (Lipinski definition) is 4. The maximum Gasteiger partial charge on any atom is 0.293 e. The van der Waals surface area contributed by atoms with Crippen LogP contribution in [-0.4, -0.2) is 18.6 Å². The van der Waals surface area contributed by atoms with Gasteiger partial charge in [-0.3, -0.25) is 9.78 Å². The van der Waals surface area contributed by atoms with Crippen molar-refractivity contribution in [1.82, 2.24) is 4.98 Å². The van der Waals surface area contributed by atoms with Crippen LogP contribution >= 0.6 is 0 Å². The molecule has 1 rings (SSSR count). The normalized spacial score (nSPS) is 9.08. The zero-order valence-corrected chi connectivity index (χ0v) is 6.69. The van der Waals surface area contributed by atoms with Gasteiger partial charge >= 0.3 is 0 Å². The van der Waals surface area contributed by atoms with E-state index < -0.39 is 0 Å². The zero-order valence-electron chi connectivity index (χ0n) is 6.69. The van der Waals surface area contributed by atoms with E-state index in [1.807, 2.05) is 0 Å². The maximum atomic E-state index is 9.83. The van der Waals surface area contributed by atoms with Gasteiger partial charge in [-0.2, -0.15) is 0 Å². The molecule has 0 saturated carbocycles. The number of rotatable bonds is 4. The predicted molar refractivity (Wildman–Crippen MR) is 41.6 cm³/mol. The summed E-state index contributed by atoms with van der Waals surface area (Å²) >= 11 is 0. The molecule has 0 aliphatic rings. The van der Waals surface area contributed by atoms with E-state index in [4.69, 9.17) is 4.74 Å². The van der Waals surface area contributed by atoms with Gasteiger partial charge in [0, 0.05) is 0 Å². The van der Waals surface area contributed by atoms with Crippen LogP contribution in [0.1, 0.15) is 5.69 Å². The largest absolute Gasteiger partial charge is 0.495 e. The summed E-state index contributed by atoms with van der Waals surface area (Å²) < 4.78 is 9.41. The van der Waals surface area contributed by atoms with E-state index in [0.717, 1.165) is 0 Å². The van der Waals surface area contributed by atoms with Crippen LogP contribution in [0.2, 0.25) is 0 Å². The van der Waals surface area contributed by atoms with E-state index in [1.54, 1.807) is 25.4 Å². The van der Waals surface area contributed by atoms with Crippen LogP contribution < -0.4 is 4.74 Å². The minimum absolute atomic E-state index is 0.202. The fraction of sp³-hybridized carbons (Fsp3) is 0.250. The first-order chi connectivity index (χ1) is 5.86. The lowest BCUT2D eigenvalue weighted by atomic mass is 10.3. The first-order valence-electron chi connectivity index (χ1n) is 3.41. The Hall–Kier alpha value is -1.58. The van der Waals surface area contributed by atoms with Crippen LogP contribution in [0.4, 0.5) is 0 Å². The molecule has 64 valence electrons. The van der Waals surface area contributed by atoms with Crippen LogP contribution in [0.15, 0.2) is 18.3 Å². The van der Waals surface area contributed by atoms with Crippen molar-refractivity contribution in [2.75, 3.05) is 7.11 Å². The van der Waals surface area contributed by atoms with Gasteiger partial charge in [-0.25, -0.2) is 0 Å².